The van der Waals surface area contributed by atoms with Gasteiger partial charge in [0.25, 0.3) is 0 Å². The molecule has 6 heteroatoms. The van der Waals surface area contributed by atoms with E-state index in [-0.39, 0.29) is 23.5 Å². The number of carbonyl (C=O) groups excluding carboxylic acids is 2. The first-order chi connectivity index (χ1) is 13.9. The van der Waals surface area contributed by atoms with E-state index in [2.05, 4.69) is 5.32 Å². The number of piperidine rings is 1. The zero-order valence-corrected chi connectivity index (χ0v) is 16.7. The van der Waals surface area contributed by atoms with Gasteiger partial charge in [0.15, 0.2) is 0 Å². The summed E-state index contributed by atoms with van der Waals surface area (Å²) in [5, 5.41) is 2.88. The number of hydrogen-bond acceptors (Lipinski definition) is 3. The van der Waals surface area contributed by atoms with Crippen LogP contribution >= 0.6 is 0 Å². The number of nitrogens with two attached hydrogens (primary N) is 1. The van der Waals surface area contributed by atoms with E-state index in [4.69, 9.17) is 5.73 Å². The molecule has 29 heavy (non-hydrogen) atoms. The SMILES string of the molecule is Cc1ccc(CNC(=O)C2CCN(C(=O)C(N)Cc3ccccc3)CC2)cc1F. The second kappa shape index (κ2) is 9.65. The van der Waals surface area contributed by atoms with Crippen molar-refractivity contribution in [2.24, 2.45) is 11.7 Å². The van der Waals surface area contributed by atoms with E-state index in [1.807, 2.05) is 36.4 Å². The molecule has 154 valence electrons. The Labute approximate surface area is 171 Å². The topological polar surface area (TPSA) is 75.4 Å². The number of hydrogen-bond donors (Lipinski definition) is 2. The van der Waals surface area contributed by atoms with Crippen LogP contribution in [-0.2, 0) is 22.6 Å². The Morgan fingerprint density at radius 1 is 1.14 bits per heavy atom. The van der Waals surface area contributed by atoms with Crippen LogP contribution in [0.25, 0.3) is 0 Å². The van der Waals surface area contributed by atoms with E-state index in [1.165, 1.54) is 6.07 Å². The van der Waals surface area contributed by atoms with E-state index in [0.29, 0.717) is 44.5 Å². The number of halogens is 1. The van der Waals surface area contributed by atoms with Crippen LogP contribution in [0.4, 0.5) is 4.39 Å². The minimum Gasteiger partial charge on any atom is -0.352 e. The Bertz CT molecular complexity index is 848. The lowest BCUT2D eigenvalue weighted by Gasteiger charge is -2.33. The lowest BCUT2D eigenvalue weighted by atomic mass is 9.95. The summed E-state index contributed by atoms with van der Waals surface area (Å²) >= 11 is 0. The third-order valence-electron chi connectivity index (χ3n) is 5.50. The Morgan fingerprint density at radius 2 is 1.83 bits per heavy atom. The van der Waals surface area contributed by atoms with Crippen LogP contribution in [0.3, 0.4) is 0 Å². The normalized spacial score (nSPS) is 15.8. The van der Waals surface area contributed by atoms with E-state index in [9.17, 15) is 14.0 Å². The van der Waals surface area contributed by atoms with Crippen molar-refractivity contribution in [3.63, 3.8) is 0 Å². The average Bonchev–Trinajstić information content (AvgIpc) is 2.74. The van der Waals surface area contributed by atoms with Crippen molar-refractivity contribution < 1.29 is 14.0 Å². The minimum atomic E-state index is -0.570. The molecule has 2 amide bonds. The van der Waals surface area contributed by atoms with Crippen LogP contribution < -0.4 is 11.1 Å². The molecule has 0 spiro atoms. The van der Waals surface area contributed by atoms with Crippen molar-refractivity contribution in [1.82, 2.24) is 10.2 Å². The summed E-state index contributed by atoms with van der Waals surface area (Å²) < 4.78 is 13.6. The first-order valence-electron chi connectivity index (χ1n) is 10.0. The van der Waals surface area contributed by atoms with E-state index >= 15 is 0 Å². The lowest BCUT2D eigenvalue weighted by Crippen LogP contribution is -2.49. The van der Waals surface area contributed by atoms with Crippen molar-refractivity contribution in [2.75, 3.05) is 13.1 Å². The highest BCUT2D eigenvalue weighted by Gasteiger charge is 2.29. The largest absolute Gasteiger partial charge is 0.352 e. The maximum Gasteiger partial charge on any atom is 0.239 e. The third kappa shape index (κ3) is 5.64. The van der Waals surface area contributed by atoms with Gasteiger partial charge in [0.2, 0.25) is 11.8 Å². The van der Waals surface area contributed by atoms with Crippen molar-refractivity contribution >= 4 is 11.8 Å². The summed E-state index contributed by atoms with van der Waals surface area (Å²) in [4.78, 5) is 26.8. The van der Waals surface area contributed by atoms with Gasteiger partial charge < -0.3 is 16.0 Å². The molecule has 1 atom stereocenters. The molecule has 0 aromatic heterocycles. The average molecular weight is 397 g/mol. The van der Waals surface area contributed by atoms with Crippen molar-refractivity contribution in [3.8, 4) is 0 Å². The maximum atomic E-state index is 13.6. The molecule has 1 saturated heterocycles. The molecule has 2 aromatic carbocycles. The van der Waals surface area contributed by atoms with Gasteiger partial charge in [-0.25, -0.2) is 4.39 Å². The minimum absolute atomic E-state index is 0.0494. The van der Waals surface area contributed by atoms with Crippen LogP contribution in [0.1, 0.15) is 29.5 Å². The molecule has 2 aromatic rings. The maximum absolute atomic E-state index is 13.6. The first-order valence-corrected chi connectivity index (χ1v) is 10.0. The van der Waals surface area contributed by atoms with E-state index in [0.717, 1.165) is 11.1 Å². The quantitative estimate of drug-likeness (QED) is 0.787. The first kappa shape index (κ1) is 21.0. The van der Waals surface area contributed by atoms with Crippen molar-refractivity contribution in [1.29, 1.82) is 0 Å². The second-order valence-electron chi connectivity index (χ2n) is 7.70. The van der Waals surface area contributed by atoms with Gasteiger partial charge in [-0.15, -0.1) is 0 Å². The van der Waals surface area contributed by atoms with Gasteiger partial charge in [-0.05, 0) is 48.9 Å². The monoisotopic (exact) mass is 397 g/mol. The van der Waals surface area contributed by atoms with Gasteiger partial charge in [0, 0.05) is 25.6 Å². The van der Waals surface area contributed by atoms with Gasteiger partial charge in [0.1, 0.15) is 5.82 Å². The molecule has 0 radical (unpaired) electrons. The summed E-state index contributed by atoms with van der Waals surface area (Å²) in [5.41, 5.74) is 8.47. The number of benzene rings is 2. The van der Waals surface area contributed by atoms with Crippen LogP contribution in [0.15, 0.2) is 48.5 Å². The fourth-order valence-corrected chi connectivity index (χ4v) is 3.63. The predicted molar refractivity (Wildman–Crippen MR) is 110 cm³/mol. The van der Waals surface area contributed by atoms with Crippen LogP contribution in [-0.4, -0.2) is 35.8 Å². The summed E-state index contributed by atoms with van der Waals surface area (Å²) in [6.07, 6.45) is 1.73. The molecular weight excluding hydrogens is 369 g/mol. The Kier molecular flexibility index (Phi) is 6.99. The van der Waals surface area contributed by atoms with Crippen molar-refractivity contribution in [3.05, 3.63) is 71.0 Å². The van der Waals surface area contributed by atoms with Crippen LogP contribution in [0.2, 0.25) is 0 Å². The van der Waals surface area contributed by atoms with E-state index < -0.39 is 6.04 Å². The number of likely N-dealkylation sites (tertiary alicyclic amines) is 1. The predicted octanol–water partition coefficient (Wildman–Crippen LogP) is 2.56. The van der Waals surface area contributed by atoms with Gasteiger partial charge in [-0.1, -0.05) is 42.5 Å². The molecule has 3 rings (SSSR count). The number of amides is 2. The number of aryl methyl sites for hydroxylation is 1. The molecule has 1 aliphatic heterocycles. The molecule has 3 N–H and O–H groups in total. The van der Waals surface area contributed by atoms with Gasteiger partial charge in [-0.2, -0.15) is 0 Å². The fraction of sp³-hybridized carbons (Fsp3) is 0.391. The zero-order valence-electron chi connectivity index (χ0n) is 16.7. The van der Waals surface area contributed by atoms with E-state index in [1.54, 1.807) is 17.9 Å². The molecule has 1 fully saturated rings. The van der Waals surface area contributed by atoms with Gasteiger partial charge in [0.05, 0.1) is 6.04 Å². The Hall–Kier alpha value is -2.73. The van der Waals surface area contributed by atoms with Gasteiger partial charge in [-0.3, -0.25) is 9.59 Å². The van der Waals surface area contributed by atoms with Crippen LogP contribution in [0, 0.1) is 18.7 Å². The molecule has 1 aliphatic rings. The molecule has 0 aliphatic carbocycles. The van der Waals surface area contributed by atoms with Crippen molar-refractivity contribution in [2.45, 2.75) is 38.8 Å². The second-order valence-corrected chi connectivity index (χ2v) is 7.70. The standard InChI is InChI=1S/C23H28FN3O2/c1-16-7-8-18(13-20(16)24)15-26-22(28)19-9-11-27(12-10-19)23(29)21(25)14-17-5-3-2-4-6-17/h2-8,13,19,21H,9-12,14-15,25H2,1H3,(H,26,28). The highest BCUT2D eigenvalue weighted by Crippen LogP contribution is 2.19. The smallest absolute Gasteiger partial charge is 0.239 e. The molecule has 1 heterocycles. The summed E-state index contributed by atoms with van der Waals surface area (Å²) in [7, 11) is 0. The Morgan fingerprint density at radius 3 is 2.48 bits per heavy atom. The number of nitrogens with one attached hydrogen (secondary N) is 1. The van der Waals surface area contributed by atoms with Gasteiger partial charge >= 0.3 is 0 Å². The summed E-state index contributed by atoms with van der Waals surface area (Å²) in [6.45, 7) is 3.06. The molecule has 5 nitrogen and oxygen atoms in total. The molecular formula is C23H28FN3O2. The summed E-state index contributed by atoms with van der Waals surface area (Å²) in [5.74, 6) is -0.524. The number of rotatable bonds is 6. The fourth-order valence-electron chi connectivity index (χ4n) is 3.63. The third-order valence-corrected chi connectivity index (χ3v) is 5.50. The molecule has 1 unspecified atom stereocenters. The van der Waals surface area contributed by atoms with Crippen LogP contribution in [0.5, 0.6) is 0 Å². The highest BCUT2D eigenvalue weighted by molar-refractivity contribution is 5.83. The lowest BCUT2D eigenvalue weighted by molar-refractivity contribution is -0.136. The number of carbonyl (C=O) groups is 2. The zero-order chi connectivity index (χ0) is 20.8. The molecule has 0 bridgehead atoms. The molecule has 0 saturated carbocycles. The summed E-state index contributed by atoms with van der Waals surface area (Å²) in [6, 6.07) is 14.1. The number of nitrogens with zero attached hydrogens (tertiary/aromatic N) is 1. The highest BCUT2D eigenvalue weighted by atomic mass is 19.1. The Balaban J connectivity index is 1.44.